The molecule has 1 heterocycles. The molecule has 2 aromatic carbocycles. The highest BCUT2D eigenvalue weighted by Crippen LogP contribution is 2.38. The van der Waals surface area contributed by atoms with Crippen LogP contribution in [0, 0.1) is 0 Å². The third kappa shape index (κ3) is 4.17. The van der Waals surface area contributed by atoms with E-state index in [4.69, 9.17) is 30.5 Å². The fourth-order valence-corrected chi connectivity index (χ4v) is 3.23. The van der Waals surface area contributed by atoms with Crippen LogP contribution in [0.4, 0.5) is 0 Å². The number of halogens is 1. The second-order valence-corrected chi connectivity index (χ2v) is 6.57. The van der Waals surface area contributed by atoms with E-state index in [1.54, 1.807) is 14.2 Å². The quantitative estimate of drug-likeness (QED) is 0.810. The van der Waals surface area contributed by atoms with Crippen LogP contribution in [-0.2, 0) is 6.54 Å². The summed E-state index contributed by atoms with van der Waals surface area (Å²) in [5.41, 5.74) is 2.07. The van der Waals surface area contributed by atoms with Gasteiger partial charge in [0.25, 0.3) is 0 Å². The van der Waals surface area contributed by atoms with E-state index in [0.29, 0.717) is 36.3 Å². The lowest BCUT2D eigenvalue weighted by atomic mass is 10.1. The van der Waals surface area contributed by atoms with Gasteiger partial charge in [-0.15, -0.1) is 0 Å². The molecule has 2 aromatic rings. The maximum Gasteiger partial charge on any atom is 0.179 e. The first-order valence-electron chi connectivity index (χ1n) is 8.65. The van der Waals surface area contributed by atoms with E-state index in [0.717, 1.165) is 29.0 Å². The summed E-state index contributed by atoms with van der Waals surface area (Å²) < 4.78 is 22.2. The van der Waals surface area contributed by atoms with Crippen LogP contribution in [0.1, 0.15) is 30.5 Å². The van der Waals surface area contributed by atoms with Crippen LogP contribution in [0.15, 0.2) is 30.3 Å². The normalized spacial score (nSPS) is 14.5. The van der Waals surface area contributed by atoms with Crippen LogP contribution in [0.3, 0.4) is 0 Å². The monoisotopic (exact) mass is 377 g/mol. The summed E-state index contributed by atoms with van der Waals surface area (Å²) in [4.78, 5) is 0. The Labute approximate surface area is 159 Å². The number of hydrogen-bond donors (Lipinski definition) is 1. The minimum Gasteiger partial charge on any atom is -0.497 e. The number of fused-ring (bicyclic) bond motifs is 1. The number of nitrogens with one attached hydrogen (secondary N) is 1. The Morgan fingerprint density at radius 3 is 2.69 bits per heavy atom. The fourth-order valence-electron chi connectivity index (χ4n) is 2.94. The highest BCUT2D eigenvalue weighted by molar-refractivity contribution is 6.32. The fraction of sp³-hybridized carbons (Fsp3) is 0.400. The van der Waals surface area contributed by atoms with Crippen molar-refractivity contribution in [3.05, 3.63) is 46.5 Å². The van der Waals surface area contributed by atoms with E-state index in [1.165, 1.54) is 0 Å². The van der Waals surface area contributed by atoms with Crippen LogP contribution < -0.4 is 24.3 Å². The predicted octanol–water partition coefficient (Wildman–Crippen LogP) is 4.37. The van der Waals surface area contributed by atoms with Crippen molar-refractivity contribution >= 4 is 11.6 Å². The Balaban J connectivity index is 1.75. The van der Waals surface area contributed by atoms with E-state index in [1.807, 2.05) is 30.3 Å². The maximum absolute atomic E-state index is 6.37. The molecule has 0 radical (unpaired) electrons. The first-order valence-corrected chi connectivity index (χ1v) is 9.03. The molecule has 26 heavy (non-hydrogen) atoms. The lowest BCUT2D eigenvalue weighted by molar-refractivity contribution is 0.297. The zero-order chi connectivity index (χ0) is 18.5. The van der Waals surface area contributed by atoms with Crippen molar-refractivity contribution in [3.63, 3.8) is 0 Å². The molecule has 0 fully saturated rings. The van der Waals surface area contributed by atoms with Gasteiger partial charge in [-0.1, -0.05) is 11.6 Å². The summed E-state index contributed by atoms with van der Waals surface area (Å²) in [6, 6.07) is 9.74. The Morgan fingerprint density at radius 1 is 1.12 bits per heavy atom. The molecular formula is C20H24ClNO4. The highest BCUT2D eigenvalue weighted by Gasteiger charge is 2.17. The first kappa shape index (κ1) is 18.7. The van der Waals surface area contributed by atoms with Gasteiger partial charge in [0.1, 0.15) is 11.5 Å². The Hall–Kier alpha value is -2.11. The van der Waals surface area contributed by atoms with Crippen molar-refractivity contribution in [1.29, 1.82) is 0 Å². The molecule has 3 rings (SSSR count). The number of hydrogen-bond acceptors (Lipinski definition) is 5. The molecule has 1 N–H and O–H groups in total. The second-order valence-electron chi connectivity index (χ2n) is 6.17. The van der Waals surface area contributed by atoms with Crippen molar-refractivity contribution in [2.45, 2.75) is 25.9 Å². The molecule has 140 valence electrons. The summed E-state index contributed by atoms with van der Waals surface area (Å²) in [5.74, 6) is 2.96. The van der Waals surface area contributed by atoms with E-state index in [-0.39, 0.29) is 6.04 Å². The standard InChI is InChI=1S/C20H24ClNO4/c1-13(16-11-15(23-2)5-6-18(16)24-3)22-12-14-9-17(21)20-19(10-14)25-7-4-8-26-20/h5-6,9-11,13,22H,4,7-8,12H2,1-3H3. The third-order valence-electron chi connectivity index (χ3n) is 4.38. The minimum absolute atomic E-state index is 0.0646. The molecule has 0 spiro atoms. The van der Waals surface area contributed by atoms with Crippen LogP contribution in [-0.4, -0.2) is 27.4 Å². The van der Waals surface area contributed by atoms with Crippen molar-refractivity contribution in [3.8, 4) is 23.0 Å². The van der Waals surface area contributed by atoms with Crippen molar-refractivity contribution in [2.75, 3.05) is 27.4 Å². The summed E-state index contributed by atoms with van der Waals surface area (Å²) in [6.07, 6.45) is 0.852. The van der Waals surface area contributed by atoms with Gasteiger partial charge in [-0.05, 0) is 42.8 Å². The molecule has 1 aliphatic heterocycles. The lowest BCUT2D eigenvalue weighted by Gasteiger charge is -2.19. The van der Waals surface area contributed by atoms with E-state index in [9.17, 15) is 0 Å². The van der Waals surface area contributed by atoms with E-state index in [2.05, 4.69) is 12.2 Å². The summed E-state index contributed by atoms with van der Waals surface area (Å²) in [7, 11) is 3.32. The van der Waals surface area contributed by atoms with Gasteiger partial charge in [-0.2, -0.15) is 0 Å². The molecule has 1 atom stereocenters. The average molecular weight is 378 g/mol. The van der Waals surface area contributed by atoms with E-state index < -0.39 is 0 Å². The largest absolute Gasteiger partial charge is 0.497 e. The molecule has 0 bridgehead atoms. The number of methoxy groups -OCH3 is 2. The molecule has 0 aromatic heterocycles. The molecular weight excluding hydrogens is 354 g/mol. The highest BCUT2D eigenvalue weighted by atomic mass is 35.5. The van der Waals surface area contributed by atoms with Crippen LogP contribution in [0.5, 0.6) is 23.0 Å². The van der Waals surface area contributed by atoms with Crippen molar-refractivity contribution in [1.82, 2.24) is 5.32 Å². The van der Waals surface area contributed by atoms with Gasteiger partial charge in [0.15, 0.2) is 11.5 Å². The molecule has 0 saturated carbocycles. The predicted molar refractivity (Wildman–Crippen MR) is 102 cm³/mol. The molecule has 1 unspecified atom stereocenters. The average Bonchev–Trinajstić information content (AvgIpc) is 2.91. The zero-order valence-electron chi connectivity index (χ0n) is 15.3. The second kappa shape index (κ2) is 8.52. The Bertz CT molecular complexity index is 766. The molecule has 5 nitrogen and oxygen atoms in total. The summed E-state index contributed by atoms with van der Waals surface area (Å²) in [6.45, 7) is 3.98. The summed E-state index contributed by atoms with van der Waals surface area (Å²) in [5, 5.41) is 4.08. The van der Waals surface area contributed by atoms with Crippen molar-refractivity contribution < 1.29 is 18.9 Å². The topological polar surface area (TPSA) is 49.0 Å². The van der Waals surface area contributed by atoms with E-state index >= 15 is 0 Å². The van der Waals surface area contributed by atoms with Crippen LogP contribution in [0.2, 0.25) is 5.02 Å². The van der Waals surface area contributed by atoms with Crippen molar-refractivity contribution in [2.24, 2.45) is 0 Å². The molecule has 0 aliphatic carbocycles. The molecule has 6 heteroatoms. The van der Waals surface area contributed by atoms with Crippen LogP contribution in [0.25, 0.3) is 0 Å². The summed E-state index contributed by atoms with van der Waals surface area (Å²) >= 11 is 6.37. The lowest BCUT2D eigenvalue weighted by Crippen LogP contribution is -2.19. The number of ether oxygens (including phenoxy) is 4. The van der Waals surface area contributed by atoms with Crippen LogP contribution >= 0.6 is 11.6 Å². The number of benzene rings is 2. The number of rotatable bonds is 6. The maximum atomic E-state index is 6.37. The Kier molecular flexibility index (Phi) is 6.12. The van der Waals surface area contributed by atoms with Gasteiger partial charge in [-0.25, -0.2) is 0 Å². The third-order valence-corrected chi connectivity index (χ3v) is 4.66. The minimum atomic E-state index is 0.0646. The molecule has 0 amide bonds. The molecule has 0 saturated heterocycles. The molecule has 1 aliphatic rings. The zero-order valence-corrected chi connectivity index (χ0v) is 16.1. The van der Waals surface area contributed by atoms with Gasteiger partial charge in [0.05, 0.1) is 32.5 Å². The van der Waals surface area contributed by atoms with Gasteiger partial charge in [-0.3, -0.25) is 0 Å². The first-order chi connectivity index (χ1) is 12.6. The van der Waals surface area contributed by atoms with Gasteiger partial charge in [0.2, 0.25) is 0 Å². The smallest absolute Gasteiger partial charge is 0.179 e. The SMILES string of the molecule is COc1ccc(OC)c(C(C)NCc2cc(Cl)c3c(c2)OCCCO3)c1. The van der Waals surface area contributed by atoms with Gasteiger partial charge in [0, 0.05) is 24.6 Å². The van der Waals surface area contributed by atoms with Gasteiger partial charge < -0.3 is 24.3 Å². The van der Waals surface area contributed by atoms with Gasteiger partial charge >= 0.3 is 0 Å². The Morgan fingerprint density at radius 2 is 1.92 bits per heavy atom.